The lowest BCUT2D eigenvalue weighted by molar-refractivity contribution is -0.118. The van der Waals surface area contributed by atoms with Crippen molar-refractivity contribution in [1.29, 1.82) is 0 Å². The molecule has 1 aliphatic rings. The van der Waals surface area contributed by atoms with Crippen LogP contribution in [0.15, 0.2) is 90.2 Å². The first-order valence-corrected chi connectivity index (χ1v) is 11.3. The molecule has 0 bridgehead atoms. The van der Waals surface area contributed by atoms with Crippen LogP contribution in [-0.2, 0) is 11.4 Å². The zero-order valence-electron chi connectivity index (χ0n) is 19.5. The number of para-hydroxylation sites is 1. The maximum atomic E-state index is 13.5. The highest BCUT2D eigenvalue weighted by Crippen LogP contribution is 2.39. The Hall–Kier alpha value is -4.46. The Bertz CT molecular complexity index is 1350. The number of nitrogens with zero attached hydrogens (tertiary/aromatic N) is 4. The molecule has 2 unspecified atom stereocenters. The topological polar surface area (TPSA) is 90.6 Å². The molecule has 1 aliphatic heterocycles. The number of rotatable bonds is 7. The summed E-state index contributed by atoms with van der Waals surface area (Å²) in [5, 5.41) is 7.40. The van der Waals surface area contributed by atoms with Crippen LogP contribution in [-0.4, -0.2) is 33.5 Å². The summed E-state index contributed by atoms with van der Waals surface area (Å²) in [6.07, 6.45) is 1.45. The van der Waals surface area contributed by atoms with Gasteiger partial charge in [-0.25, -0.2) is 9.67 Å². The van der Waals surface area contributed by atoms with Crippen LogP contribution >= 0.6 is 0 Å². The molecule has 176 valence electrons. The van der Waals surface area contributed by atoms with E-state index in [1.807, 2.05) is 85.8 Å². The van der Waals surface area contributed by atoms with Crippen LogP contribution < -0.4 is 14.8 Å². The molecule has 5 rings (SSSR count). The number of hydrogen-bond acceptors (Lipinski definition) is 6. The third kappa shape index (κ3) is 4.63. The first kappa shape index (κ1) is 22.3. The van der Waals surface area contributed by atoms with E-state index in [2.05, 4.69) is 20.4 Å². The molecule has 0 saturated heterocycles. The number of carbonyl (C=O) groups excluding carboxylic acids is 1. The third-order valence-electron chi connectivity index (χ3n) is 5.95. The van der Waals surface area contributed by atoms with E-state index < -0.39 is 12.0 Å². The maximum absolute atomic E-state index is 13.5. The summed E-state index contributed by atoms with van der Waals surface area (Å²) in [6.45, 7) is 2.26. The quantitative estimate of drug-likeness (QED) is 0.421. The zero-order valence-corrected chi connectivity index (χ0v) is 19.5. The standard InChI is InChI=1S/C27H25N5O3/c1-18-24(26(33)31-21-11-7-4-8-12-21)25(32-27(30-18)28-17-29-32)20-13-14-22(23(15-20)34-2)35-16-19-9-5-3-6-10-19/h3-15,17,24-25H,16H2,1-2H3,(H,31,33). The summed E-state index contributed by atoms with van der Waals surface area (Å²) in [6, 6.07) is 24.5. The molecule has 2 heterocycles. The van der Waals surface area contributed by atoms with Crippen molar-refractivity contribution in [3.8, 4) is 11.5 Å². The number of anilines is 1. The second-order valence-electron chi connectivity index (χ2n) is 8.22. The fourth-order valence-corrected chi connectivity index (χ4v) is 4.25. The molecule has 0 radical (unpaired) electrons. The van der Waals surface area contributed by atoms with Gasteiger partial charge < -0.3 is 14.8 Å². The number of carbonyl (C=O) groups is 1. The molecule has 3 aromatic carbocycles. The molecule has 4 aromatic rings. The van der Waals surface area contributed by atoms with Gasteiger partial charge in [-0.3, -0.25) is 4.79 Å². The van der Waals surface area contributed by atoms with E-state index in [1.54, 1.807) is 11.8 Å². The lowest BCUT2D eigenvalue weighted by atomic mass is 9.87. The van der Waals surface area contributed by atoms with Crippen LogP contribution in [0.25, 0.3) is 0 Å². The first-order valence-electron chi connectivity index (χ1n) is 11.3. The average Bonchev–Trinajstić information content (AvgIpc) is 3.35. The summed E-state index contributed by atoms with van der Waals surface area (Å²) >= 11 is 0. The molecular weight excluding hydrogens is 442 g/mol. The number of amides is 1. The Morgan fingerprint density at radius 2 is 1.74 bits per heavy atom. The van der Waals surface area contributed by atoms with Gasteiger partial charge in [-0.1, -0.05) is 54.6 Å². The molecule has 0 fully saturated rings. The van der Waals surface area contributed by atoms with E-state index in [1.165, 1.54) is 6.33 Å². The zero-order chi connectivity index (χ0) is 24.2. The fourth-order valence-electron chi connectivity index (χ4n) is 4.25. The van der Waals surface area contributed by atoms with E-state index >= 15 is 0 Å². The van der Waals surface area contributed by atoms with Crippen LogP contribution in [0, 0.1) is 5.92 Å². The Kier molecular flexibility index (Phi) is 6.26. The highest BCUT2D eigenvalue weighted by Gasteiger charge is 2.39. The third-order valence-corrected chi connectivity index (χ3v) is 5.95. The number of aromatic nitrogens is 3. The molecular formula is C27H25N5O3. The van der Waals surface area contributed by atoms with E-state index in [4.69, 9.17) is 9.47 Å². The lowest BCUT2D eigenvalue weighted by Gasteiger charge is -2.30. The van der Waals surface area contributed by atoms with Crippen molar-refractivity contribution < 1.29 is 14.3 Å². The Labute approximate surface area is 203 Å². The summed E-state index contributed by atoms with van der Waals surface area (Å²) in [7, 11) is 1.60. The highest BCUT2D eigenvalue weighted by atomic mass is 16.5. The SMILES string of the molecule is COc1cc(C2C(C(=O)Nc3ccccc3)C(C)=Nc3ncnn32)ccc1OCc1ccccc1. The number of hydrogen-bond donors (Lipinski definition) is 1. The van der Waals surface area contributed by atoms with Gasteiger partial charge in [0.1, 0.15) is 18.9 Å². The van der Waals surface area contributed by atoms with Gasteiger partial charge in [-0.2, -0.15) is 10.1 Å². The van der Waals surface area contributed by atoms with Gasteiger partial charge in [0.25, 0.3) is 0 Å². The van der Waals surface area contributed by atoms with Crippen molar-refractivity contribution >= 4 is 23.3 Å². The summed E-state index contributed by atoms with van der Waals surface area (Å²) in [4.78, 5) is 22.3. The monoisotopic (exact) mass is 467 g/mol. The average molecular weight is 468 g/mol. The number of methoxy groups -OCH3 is 1. The smallest absolute Gasteiger partial charge is 0.248 e. The second-order valence-corrected chi connectivity index (χ2v) is 8.22. The minimum absolute atomic E-state index is 0.174. The largest absolute Gasteiger partial charge is 0.493 e. The molecule has 0 aliphatic carbocycles. The predicted octanol–water partition coefficient (Wildman–Crippen LogP) is 4.82. The van der Waals surface area contributed by atoms with Crippen LogP contribution in [0.5, 0.6) is 11.5 Å². The normalized spacial score (nSPS) is 16.7. The van der Waals surface area contributed by atoms with Crippen LogP contribution in [0.4, 0.5) is 11.6 Å². The van der Waals surface area contributed by atoms with Crippen LogP contribution in [0.3, 0.4) is 0 Å². The lowest BCUT2D eigenvalue weighted by Crippen LogP contribution is -2.39. The van der Waals surface area contributed by atoms with E-state index in [-0.39, 0.29) is 5.91 Å². The Morgan fingerprint density at radius 3 is 2.49 bits per heavy atom. The number of aliphatic imine (C=N–C) groups is 1. The second kappa shape index (κ2) is 9.80. The maximum Gasteiger partial charge on any atom is 0.248 e. The Morgan fingerprint density at radius 1 is 1.00 bits per heavy atom. The van der Waals surface area contributed by atoms with Crippen LogP contribution in [0.1, 0.15) is 24.1 Å². The predicted molar refractivity (Wildman–Crippen MR) is 133 cm³/mol. The molecule has 0 saturated carbocycles. The molecule has 1 aromatic heterocycles. The van der Waals surface area contributed by atoms with Crippen molar-refractivity contribution in [2.24, 2.45) is 10.9 Å². The van der Waals surface area contributed by atoms with Crippen molar-refractivity contribution in [2.45, 2.75) is 19.6 Å². The van der Waals surface area contributed by atoms with E-state index in [0.29, 0.717) is 29.8 Å². The molecule has 2 atom stereocenters. The van der Waals surface area contributed by atoms with Gasteiger partial charge in [-0.15, -0.1) is 0 Å². The van der Waals surface area contributed by atoms with Gasteiger partial charge in [0.15, 0.2) is 11.5 Å². The summed E-state index contributed by atoms with van der Waals surface area (Å²) < 4.78 is 13.4. The van der Waals surface area contributed by atoms with Crippen molar-refractivity contribution in [3.63, 3.8) is 0 Å². The molecule has 8 heteroatoms. The van der Waals surface area contributed by atoms with Crippen molar-refractivity contribution in [3.05, 3.63) is 96.3 Å². The van der Waals surface area contributed by atoms with Gasteiger partial charge in [0, 0.05) is 11.4 Å². The summed E-state index contributed by atoms with van der Waals surface area (Å²) in [5.41, 5.74) is 3.27. The molecule has 8 nitrogen and oxygen atoms in total. The molecule has 1 N–H and O–H groups in total. The van der Waals surface area contributed by atoms with Crippen molar-refractivity contribution in [2.75, 3.05) is 12.4 Å². The number of benzene rings is 3. The number of ether oxygens (including phenoxy) is 2. The van der Waals surface area contributed by atoms with E-state index in [0.717, 1.165) is 16.8 Å². The Balaban J connectivity index is 1.47. The van der Waals surface area contributed by atoms with Crippen LogP contribution in [0.2, 0.25) is 0 Å². The highest BCUT2D eigenvalue weighted by molar-refractivity contribution is 6.10. The number of fused-ring (bicyclic) bond motifs is 1. The van der Waals surface area contributed by atoms with Gasteiger partial charge in [0.2, 0.25) is 11.9 Å². The molecule has 0 spiro atoms. The van der Waals surface area contributed by atoms with E-state index in [9.17, 15) is 4.79 Å². The minimum atomic E-state index is -0.592. The molecule has 35 heavy (non-hydrogen) atoms. The minimum Gasteiger partial charge on any atom is -0.493 e. The molecule has 1 amide bonds. The van der Waals surface area contributed by atoms with Gasteiger partial charge >= 0.3 is 0 Å². The van der Waals surface area contributed by atoms with Crippen molar-refractivity contribution in [1.82, 2.24) is 14.8 Å². The van der Waals surface area contributed by atoms with Gasteiger partial charge in [0.05, 0.1) is 13.2 Å². The van der Waals surface area contributed by atoms with Gasteiger partial charge in [-0.05, 0) is 42.3 Å². The fraction of sp³-hybridized carbons (Fsp3) is 0.185. The summed E-state index contributed by atoms with van der Waals surface area (Å²) in [5.74, 6) is 0.879. The first-order chi connectivity index (χ1) is 17.1. The number of nitrogens with one attached hydrogen (secondary N) is 1.